The maximum Gasteiger partial charge on any atom is 0.357 e. The van der Waals surface area contributed by atoms with Gasteiger partial charge < -0.3 is 15.0 Å². The Kier molecular flexibility index (Phi) is 4.76. The minimum Gasteiger partial charge on any atom is -0.464 e. The van der Waals surface area contributed by atoms with Gasteiger partial charge >= 0.3 is 5.97 Å². The predicted molar refractivity (Wildman–Crippen MR) is 96.9 cm³/mol. The summed E-state index contributed by atoms with van der Waals surface area (Å²) in [7, 11) is 1.26. The van der Waals surface area contributed by atoms with Crippen LogP contribution >= 0.6 is 0 Å². The Bertz CT molecular complexity index is 999. The van der Waals surface area contributed by atoms with E-state index in [1.165, 1.54) is 17.9 Å². The molecule has 3 rings (SSSR count). The molecular weight excluding hydrogens is 330 g/mol. The first-order chi connectivity index (χ1) is 12.6. The van der Waals surface area contributed by atoms with Crippen LogP contribution in [-0.2, 0) is 4.74 Å². The van der Waals surface area contributed by atoms with E-state index >= 15 is 0 Å². The molecule has 7 heteroatoms. The van der Waals surface area contributed by atoms with Crippen LogP contribution in [0.2, 0.25) is 0 Å². The molecule has 0 saturated heterocycles. The number of nitrogen functional groups attached to an aromatic ring is 1. The van der Waals surface area contributed by atoms with Crippen molar-refractivity contribution in [3.05, 3.63) is 72.1 Å². The Hall–Kier alpha value is -3.92. The molecule has 128 valence electrons. The molecule has 0 saturated carbocycles. The molecule has 1 heterocycles. The van der Waals surface area contributed by atoms with Crippen LogP contribution in [0.15, 0.2) is 71.0 Å². The van der Waals surface area contributed by atoms with Crippen molar-refractivity contribution in [3.63, 3.8) is 0 Å². The summed E-state index contributed by atoms with van der Waals surface area (Å²) in [6.45, 7) is 0. The number of hydrogen-bond donors (Lipinski definition) is 1. The number of carbonyl (C=O) groups excluding carboxylic acids is 1. The van der Waals surface area contributed by atoms with E-state index in [4.69, 9.17) is 15.7 Å². The van der Waals surface area contributed by atoms with Crippen molar-refractivity contribution in [1.29, 1.82) is 5.26 Å². The summed E-state index contributed by atoms with van der Waals surface area (Å²) in [5, 5.41) is 17.5. The van der Waals surface area contributed by atoms with Crippen LogP contribution in [-0.4, -0.2) is 17.6 Å². The monoisotopic (exact) mass is 345 g/mol. The van der Waals surface area contributed by atoms with E-state index in [0.29, 0.717) is 11.4 Å². The fourth-order valence-corrected chi connectivity index (χ4v) is 2.41. The van der Waals surface area contributed by atoms with E-state index in [1.54, 1.807) is 24.3 Å². The molecule has 0 spiro atoms. The molecule has 0 atom stereocenters. The third-order valence-corrected chi connectivity index (χ3v) is 3.71. The molecule has 0 aliphatic heterocycles. The molecule has 0 unspecified atom stereocenters. The highest BCUT2D eigenvalue weighted by Crippen LogP contribution is 2.26. The summed E-state index contributed by atoms with van der Waals surface area (Å²) in [5.74, 6) is -0.614. The van der Waals surface area contributed by atoms with Gasteiger partial charge in [0.1, 0.15) is 6.07 Å². The number of benzene rings is 2. The third-order valence-electron chi connectivity index (χ3n) is 3.71. The van der Waals surface area contributed by atoms with E-state index in [1.807, 2.05) is 36.4 Å². The number of rotatable bonds is 4. The van der Waals surface area contributed by atoms with Crippen LogP contribution in [0.3, 0.4) is 0 Å². The summed E-state index contributed by atoms with van der Waals surface area (Å²) in [6, 6.07) is 18.4. The molecule has 3 aromatic rings. The van der Waals surface area contributed by atoms with Crippen LogP contribution in [0.1, 0.15) is 16.1 Å². The first-order valence-corrected chi connectivity index (χ1v) is 7.70. The standard InChI is InChI=1S/C19H15N5O2/c1-26-19(25)18-17(21)13(11-20)12-24(18)16-9-7-15(8-10-16)23-22-14-5-3-2-4-6-14/h2-10,12H,21H2,1H3. The molecule has 0 radical (unpaired) electrons. The van der Waals surface area contributed by atoms with E-state index in [9.17, 15) is 4.79 Å². The fraction of sp³-hybridized carbons (Fsp3) is 0.0526. The van der Waals surface area contributed by atoms with Crippen molar-refractivity contribution in [1.82, 2.24) is 4.57 Å². The summed E-state index contributed by atoms with van der Waals surface area (Å²) in [4.78, 5) is 12.0. The van der Waals surface area contributed by atoms with Gasteiger partial charge in [0.15, 0.2) is 5.69 Å². The lowest BCUT2D eigenvalue weighted by atomic mass is 10.2. The number of nitrogens with zero attached hydrogens (tertiary/aromatic N) is 4. The van der Waals surface area contributed by atoms with Crippen LogP contribution in [0.4, 0.5) is 17.1 Å². The number of nitrogens with two attached hydrogens (primary N) is 1. The molecule has 2 N–H and O–H groups in total. The number of hydrogen-bond acceptors (Lipinski definition) is 6. The minimum absolute atomic E-state index is 0.0900. The normalized spacial score (nSPS) is 10.6. The first kappa shape index (κ1) is 16.9. The summed E-state index contributed by atoms with van der Waals surface area (Å²) >= 11 is 0. The fourth-order valence-electron chi connectivity index (χ4n) is 2.41. The van der Waals surface area contributed by atoms with Gasteiger partial charge in [-0.1, -0.05) is 18.2 Å². The van der Waals surface area contributed by atoms with Crippen LogP contribution in [0.25, 0.3) is 5.69 Å². The maximum atomic E-state index is 12.0. The Morgan fingerprint density at radius 2 is 1.69 bits per heavy atom. The number of aromatic nitrogens is 1. The summed E-state index contributed by atoms with van der Waals surface area (Å²) in [6.07, 6.45) is 1.50. The number of methoxy groups -OCH3 is 1. The van der Waals surface area contributed by atoms with E-state index in [2.05, 4.69) is 10.2 Å². The van der Waals surface area contributed by atoms with Crippen molar-refractivity contribution < 1.29 is 9.53 Å². The lowest BCUT2D eigenvalue weighted by molar-refractivity contribution is 0.0593. The zero-order valence-corrected chi connectivity index (χ0v) is 14.0. The number of nitriles is 1. The molecule has 1 aromatic heterocycles. The van der Waals surface area contributed by atoms with Gasteiger partial charge in [0.05, 0.1) is 29.7 Å². The van der Waals surface area contributed by atoms with Gasteiger partial charge in [0.25, 0.3) is 0 Å². The second-order valence-corrected chi connectivity index (χ2v) is 5.33. The zero-order chi connectivity index (χ0) is 18.5. The predicted octanol–water partition coefficient (Wildman–Crippen LogP) is 4.13. The molecule has 0 bridgehead atoms. The minimum atomic E-state index is -0.614. The maximum absolute atomic E-state index is 12.0. The second kappa shape index (κ2) is 7.32. The quantitative estimate of drug-likeness (QED) is 0.566. The van der Waals surface area contributed by atoms with Gasteiger partial charge in [0.2, 0.25) is 0 Å². The van der Waals surface area contributed by atoms with Crippen molar-refractivity contribution in [2.24, 2.45) is 10.2 Å². The Morgan fingerprint density at radius 3 is 2.27 bits per heavy atom. The highest BCUT2D eigenvalue weighted by molar-refractivity contribution is 5.95. The molecule has 0 amide bonds. The van der Waals surface area contributed by atoms with Gasteiger partial charge in [-0.2, -0.15) is 15.5 Å². The van der Waals surface area contributed by atoms with E-state index < -0.39 is 5.97 Å². The Labute approximate surface area is 150 Å². The van der Waals surface area contributed by atoms with Crippen LogP contribution < -0.4 is 5.73 Å². The number of anilines is 1. The zero-order valence-electron chi connectivity index (χ0n) is 14.0. The van der Waals surface area contributed by atoms with Crippen molar-refractivity contribution in [2.75, 3.05) is 12.8 Å². The van der Waals surface area contributed by atoms with Gasteiger partial charge in [-0.05, 0) is 36.4 Å². The third kappa shape index (κ3) is 3.30. The van der Waals surface area contributed by atoms with Crippen molar-refractivity contribution >= 4 is 23.0 Å². The smallest absolute Gasteiger partial charge is 0.357 e. The molecular formula is C19H15N5O2. The Morgan fingerprint density at radius 1 is 1.08 bits per heavy atom. The number of carbonyl (C=O) groups is 1. The topological polar surface area (TPSA) is 106 Å². The van der Waals surface area contributed by atoms with Crippen LogP contribution in [0, 0.1) is 11.3 Å². The highest BCUT2D eigenvalue weighted by Gasteiger charge is 2.21. The number of ether oxygens (including phenoxy) is 1. The first-order valence-electron chi connectivity index (χ1n) is 7.70. The largest absolute Gasteiger partial charge is 0.464 e. The van der Waals surface area contributed by atoms with Crippen molar-refractivity contribution in [3.8, 4) is 11.8 Å². The lowest BCUT2D eigenvalue weighted by Gasteiger charge is -2.08. The second-order valence-electron chi connectivity index (χ2n) is 5.33. The molecule has 0 fully saturated rings. The molecule has 26 heavy (non-hydrogen) atoms. The summed E-state index contributed by atoms with van der Waals surface area (Å²) in [5.41, 5.74) is 8.36. The van der Waals surface area contributed by atoms with E-state index in [-0.39, 0.29) is 16.9 Å². The summed E-state index contributed by atoms with van der Waals surface area (Å²) < 4.78 is 6.29. The highest BCUT2D eigenvalue weighted by atomic mass is 16.5. The lowest BCUT2D eigenvalue weighted by Crippen LogP contribution is -2.10. The van der Waals surface area contributed by atoms with Gasteiger partial charge in [-0.3, -0.25) is 0 Å². The van der Waals surface area contributed by atoms with Gasteiger partial charge in [0, 0.05) is 11.9 Å². The molecule has 2 aromatic carbocycles. The average molecular weight is 345 g/mol. The average Bonchev–Trinajstić information content (AvgIpc) is 3.03. The molecule has 7 nitrogen and oxygen atoms in total. The number of esters is 1. The van der Waals surface area contributed by atoms with Gasteiger partial charge in [-0.15, -0.1) is 0 Å². The van der Waals surface area contributed by atoms with Crippen molar-refractivity contribution in [2.45, 2.75) is 0 Å². The van der Waals surface area contributed by atoms with E-state index in [0.717, 1.165) is 5.69 Å². The number of azo groups is 1. The van der Waals surface area contributed by atoms with Crippen LogP contribution in [0.5, 0.6) is 0 Å². The van der Waals surface area contributed by atoms with Gasteiger partial charge in [-0.25, -0.2) is 4.79 Å². The molecule has 0 aliphatic rings. The molecule has 0 aliphatic carbocycles. The SMILES string of the molecule is COC(=O)c1c(N)c(C#N)cn1-c1ccc(N=Nc2ccccc2)cc1. The Balaban J connectivity index is 1.93.